The van der Waals surface area contributed by atoms with Crippen molar-refractivity contribution in [1.82, 2.24) is 4.72 Å². The molecule has 2 atom stereocenters. The van der Waals surface area contributed by atoms with Crippen molar-refractivity contribution < 1.29 is 8.42 Å². The first-order valence-corrected chi connectivity index (χ1v) is 7.93. The van der Waals surface area contributed by atoms with Crippen molar-refractivity contribution in [2.45, 2.75) is 51.5 Å². The number of sulfonamides is 1. The Kier molecular flexibility index (Phi) is 5.35. The molecular weight excluding hydrogens is 246 g/mol. The summed E-state index contributed by atoms with van der Waals surface area (Å²) in [6.07, 6.45) is 1.93. The second-order valence-electron chi connectivity index (χ2n) is 5.04. The van der Waals surface area contributed by atoms with Crippen LogP contribution in [-0.2, 0) is 10.0 Å². The second kappa shape index (κ2) is 6.34. The van der Waals surface area contributed by atoms with Crippen molar-refractivity contribution >= 4 is 10.0 Å². The Hall–Kier alpha value is -0.870. The zero-order valence-corrected chi connectivity index (χ0v) is 12.4. The van der Waals surface area contributed by atoms with Crippen molar-refractivity contribution in [3.63, 3.8) is 0 Å². The highest BCUT2D eigenvalue weighted by atomic mass is 32.2. The van der Waals surface area contributed by atoms with Crippen LogP contribution in [-0.4, -0.2) is 14.5 Å². The molecule has 0 aliphatic carbocycles. The van der Waals surface area contributed by atoms with E-state index in [1.54, 1.807) is 12.1 Å². The maximum absolute atomic E-state index is 12.2. The van der Waals surface area contributed by atoms with Gasteiger partial charge in [0.05, 0.1) is 4.90 Å². The molecule has 0 aliphatic rings. The third kappa shape index (κ3) is 4.10. The average Bonchev–Trinajstić information content (AvgIpc) is 2.28. The Labute approximate surface area is 111 Å². The van der Waals surface area contributed by atoms with Crippen molar-refractivity contribution in [3.05, 3.63) is 29.8 Å². The van der Waals surface area contributed by atoms with Gasteiger partial charge in [-0.25, -0.2) is 13.1 Å². The normalized spacial score (nSPS) is 15.3. The molecule has 1 N–H and O–H groups in total. The molecule has 0 saturated carbocycles. The summed E-state index contributed by atoms with van der Waals surface area (Å²) in [5.41, 5.74) is 0.778. The maximum Gasteiger partial charge on any atom is 0.241 e. The summed E-state index contributed by atoms with van der Waals surface area (Å²) >= 11 is 0. The fourth-order valence-electron chi connectivity index (χ4n) is 2.00. The molecule has 0 aliphatic heterocycles. The molecule has 0 fully saturated rings. The highest BCUT2D eigenvalue weighted by Gasteiger charge is 2.19. The van der Waals surface area contributed by atoms with Gasteiger partial charge in [-0.15, -0.1) is 0 Å². The van der Waals surface area contributed by atoms with E-state index < -0.39 is 10.0 Å². The van der Waals surface area contributed by atoms with Gasteiger partial charge in [-0.05, 0) is 37.8 Å². The van der Waals surface area contributed by atoms with Crippen LogP contribution in [0.15, 0.2) is 29.2 Å². The summed E-state index contributed by atoms with van der Waals surface area (Å²) in [6, 6.07) is 7.02. The van der Waals surface area contributed by atoms with Crippen LogP contribution in [0.3, 0.4) is 0 Å². The SMILES string of the molecule is CCC(C)CC(C)NS(=O)(=O)c1ccccc1C. The van der Waals surface area contributed by atoms with Crippen LogP contribution >= 0.6 is 0 Å². The van der Waals surface area contributed by atoms with Gasteiger partial charge in [0.25, 0.3) is 0 Å². The largest absolute Gasteiger partial charge is 0.241 e. The molecule has 0 spiro atoms. The molecule has 2 unspecified atom stereocenters. The quantitative estimate of drug-likeness (QED) is 0.862. The molecule has 0 amide bonds. The zero-order valence-electron chi connectivity index (χ0n) is 11.6. The molecule has 0 bridgehead atoms. The van der Waals surface area contributed by atoms with Crippen LogP contribution < -0.4 is 4.72 Å². The molecule has 102 valence electrons. The summed E-state index contributed by atoms with van der Waals surface area (Å²) in [7, 11) is -3.39. The number of hydrogen-bond donors (Lipinski definition) is 1. The predicted octanol–water partition coefficient (Wildman–Crippen LogP) is 3.10. The fraction of sp³-hybridized carbons (Fsp3) is 0.571. The Balaban J connectivity index is 2.80. The van der Waals surface area contributed by atoms with E-state index in [1.165, 1.54) is 0 Å². The lowest BCUT2D eigenvalue weighted by Crippen LogP contribution is -2.34. The van der Waals surface area contributed by atoms with Crippen molar-refractivity contribution in [2.24, 2.45) is 5.92 Å². The summed E-state index contributed by atoms with van der Waals surface area (Å²) in [4.78, 5) is 0.376. The number of hydrogen-bond acceptors (Lipinski definition) is 2. The molecule has 18 heavy (non-hydrogen) atoms. The van der Waals surface area contributed by atoms with Gasteiger partial charge in [-0.3, -0.25) is 0 Å². The van der Waals surface area contributed by atoms with Gasteiger partial charge in [0.15, 0.2) is 0 Å². The molecular formula is C14H23NO2S. The highest BCUT2D eigenvalue weighted by Crippen LogP contribution is 2.16. The Bertz CT molecular complexity index is 482. The van der Waals surface area contributed by atoms with Crippen LogP contribution in [0.4, 0.5) is 0 Å². The van der Waals surface area contributed by atoms with E-state index in [0.717, 1.165) is 18.4 Å². The standard InChI is InChI=1S/C14H23NO2S/c1-5-11(2)10-13(4)15-18(16,17)14-9-7-6-8-12(14)3/h6-9,11,13,15H,5,10H2,1-4H3. The highest BCUT2D eigenvalue weighted by molar-refractivity contribution is 7.89. The Morgan fingerprint density at radius 3 is 2.39 bits per heavy atom. The van der Waals surface area contributed by atoms with Gasteiger partial charge < -0.3 is 0 Å². The molecule has 3 nitrogen and oxygen atoms in total. The molecule has 0 aromatic heterocycles. The lowest BCUT2D eigenvalue weighted by Gasteiger charge is -2.18. The molecule has 0 saturated heterocycles. The number of aryl methyl sites for hydroxylation is 1. The van der Waals surface area contributed by atoms with Crippen molar-refractivity contribution in [3.8, 4) is 0 Å². The van der Waals surface area contributed by atoms with Gasteiger partial charge in [0.2, 0.25) is 10.0 Å². The summed E-state index contributed by atoms with van der Waals surface area (Å²) < 4.78 is 27.2. The smallest absolute Gasteiger partial charge is 0.208 e. The van der Waals surface area contributed by atoms with E-state index in [9.17, 15) is 8.42 Å². The summed E-state index contributed by atoms with van der Waals surface area (Å²) in [5.74, 6) is 0.527. The van der Waals surface area contributed by atoms with E-state index >= 15 is 0 Å². The van der Waals surface area contributed by atoms with Gasteiger partial charge in [0.1, 0.15) is 0 Å². The molecule has 1 aromatic rings. The van der Waals surface area contributed by atoms with E-state index in [2.05, 4.69) is 18.6 Å². The third-order valence-electron chi connectivity index (χ3n) is 3.19. The predicted molar refractivity (Wildman–Crippen MR) is 75.0 cm³/mol. The minimum absolute atomic E-state index is 0.0374. The molecule has 0 radical (unpaired) electrons. The average molecular weight is 269 g/mol. The topological polar surface area (TPSA) is 46.2 Å². The van der Waals surface area contributed by atoms with Crippen LogP contribution in [0.2, 0.25) is 0 Å². The first-order chi connectivity index (χ1) is 8.36. The molecule has 1 aromatic carbocycles. The first kappa shape index (κ1) is 15.2. The number of benzene rings is 1. The van der Waals surface area contributed by atoms with Crippen molar-refractivity contribution in [2.75, 3.05) is 0 Å². The Morgan fingerprint density at radius 1 is 1.22 bits per heavy atom. The molecule has 4 heteroatoms. The zero-order chi connectivity index (χ0) is 13.8. The fourth-order valence-corrected chi connectivity index (χ4v) is 3.51. The van der Waals surface area contributed by atoms with Gasteiger partial charge in [-0.2, -0.15) is 0 Å². The van der Waals surface area contributed by atoms with Crippen molar-refractivity contribution in [1.29, 1.82) is 0 Å². The number of rotatable bonds is 6. The number of nitrogens with one attached hydrogen (secondary N) is 1. The lowest BCUT2D eigenvalue weighted by molar-refractivity contribution is 0.445. The third-order valence-corrected chi connectivity index (χ3v) is 4.94. The lowest BCUT2D eigenvalue weighted by atomic mass is 10.0. The van der Waals surface area contributed by atoms with E-state index in [-0.39, 0.29) is 6.04 Å². The minimum atomic E-state index is -3.39. The van der Waals surface area contributed by atoms with Gasteiger partial charge in [-0.1, -0.05) is 38.5 Å². The second-order valence-corrected chi connectivity index (χ2v) is 6.72. The Morgan fingerprint density at radius 2 is 1.83 bits per heavy atom. The van der Waals surface area contributed by atoms with E-state index in [1.807, 2.05) is 26.0 Å². The summed E-state index contributed by atoms with van der Waals surface area (Å²) in [6.45, 7) is 7.99. The van der Waals surface area contributed by atoms with E-state index in [0.29, 0.717) is 10.8 Å². The van der Waals surface area contributed by atoms with Crippen LogP contribution in [0.5, 0.6) is 0 Å². The van der Waals surface area contributed by atoms with Crippen LogP contribution in [0, 0.1) is 12.8 Å². The van der Waals surface area contributed by atoms with E-state index in [4.69, 9.17) is 0 Å². The maximum atomic E-state index is 12.2. The first-order valence-electron chi connectivity index (χ1n) is 6.44. The summed E-state index contributed by atoms with van der Waals surface area (Å²) in [5, 5.41) is 0. The van der Waals surface area contributed by atoms with Crippen LogP contribution in [0.25, 0.3) is 0 Å². The molecule has 1 rings (SSSR count). The minimum Gasteiger partial charge on any atom is -0.208 e. The van der Waals surface area contributed by atoms with Gasteiger partial charge >= 0.3 is 0 Å². The molecule has 0 heterocycles. The van der Waals surface area contributed by atoms with Gasteiger partial charge in [0, 0.05) is 6.04 Å². The monoisotopic (exact) mass is 269 g/mol. The van der Waals surface area contributed by atoms with Crippen LogP contribution in [0.1, 0.15) is 39.2 Å².